The van der Waals surface area contributed by atoms with Crippen molar-refractivity contribution in [2.75, 3.05) is 0 Å². The first kappa shape index (κ1) is 8.51. The normalized spacial score (nSPS) is 13.9. The highest BCUT2D eigenvalue weighted by Crippen LogP contribution is 2.02. The van der Waals surface area contributed by atoms with Gasteiger partial charge in [0.05, 0.1) is 0 Å². The maximum Gasteiger partial charge on any atom is 0.0402 e. The zero-order valence-electron chi connectivity index (χ0n) is 5.76. The smallest absolute Gasteiger partial charge is 0.0402 e. The van der Waals surface area contributed by atoms with Crippen molar-refractivity contribution in [3.63, 3.8) is 0 Å². The van der Waals surface area contributed by atoms with E-state index >= 15 is 0 Å². The van der Waals surface area contributed by atoms with Gasteiger partial charge in [0.25, 0.3) is 0 Å². The average Bonchev–Trinajstić information content (AvgIpc) is 1.85. The summed E-state index contributed by atoms with van der Waals surface area (Å²) in [5, 5.41) is 0.760. The van der Waals surface area contributed by atoms with E-state index < -0.39 is 0 Å². The van der Waals surface area contributed by atoms with Crippen LogP contribution in [-0.4, -0.2) is 0 Å². The second kappa shape index (κ2) is 5.64. The van der Waals surface area contributed by atoms with Crippen molar-refractivity contribution in [1.29, 1.82) is 0 Å². The summed E-state index contributed by atoms with van der Waals surface area (Å²) in [6.45, 7) is 3.89. The fourth-order valence-electron chi connectivity index (χ4n) is 0.403. The largest absolute Gasteiger partial charge is 0.0876 e. The van der Waals surface area contributed by atoms with Gasteiger partial charge in [0, 0.05) is 5.03 Å². The van der Waals surface area contributed by atoms with Crippen molar-refractivity contribution in [2.45, 2.75) is 13.8 Å². The van der Waals surface area contributed by atoms with Gasteiger partial charge in [-0.05, 0) is 26.0 Å². The fraction of sp³-hybridized carbons (Fsp3) is 0.250. The monoisotopic (exact) mass is 142 g/mol. The Balaban J connectivity index is 3.84. The zero-order valence-corrected chi connectivity index (χ0v) is 6.52. The molecule has 0 amide bonds. The molecule has 1 heteroatoms. The van der Waals surface area contributed by atoms with Crippen LogP contribution in [0.1, 0.15) is 13.8 Å². The molecule has 0 aromatic rings. The van der Waals surface area contributed by atoms with Crippen LogP contribution in [0.15, 0.2) is 35.4 Å². The van der Waals surface area contributed by atoms with E-state index in [1.165, 1.54) is 0 Å². The van der Waals surface area contributed by atoms with E-state index in [0.717, 1.165) is 5.03 Å². The van der Waals surface area contributed by atoms with Gasteiger partial charge < -0.3 is 0 Å². The third-order valence-corrected chi connectivity index (χ3v) is 1.03. The Labute approximate surface area is 61.5 Å². The molecule has 0 fully saturated rings. The predicted octanol–water partition coefficient (Wildman–Crippen LogP) is 3.26. The van der Waals surface area contributed by atoms with E-state index in [4.69, 9.17) is 11.6 Å². The molecule has 0 aromatic heterocycles. The molecule has 0 aromatic carbocycles. The number of allylic oxidation sites excluding steroid dienone is 6. The molecule has 0 spiro atoms. The summed E-state index contributed by atoms with van der Waals surface area (Å²) in [6.07, 6.45) is 9.44. The van der Waals surface area contributed by atoms with Crippen LogP contribution in [0.4, 0.5) is 0 Å². The molecule has 0 saturated carbocycles. The summed E-state index contributed by atoms with van der Waals surface area (Å²) in [6, 6.07) is 0. The number of hydrogen-bond donors (Lipinski definition) is 0. The highest BCUT2D eigenvalue weighted by Gasteiger charge is 1.76. The maximum atomic E-state index is 5.68. The molecule has 9 heavy (non-hydrogen) atoms. The van der Waals surface area contributed by atoms with Gasteiger partial charge in [0.15, 0.2) is 0 Å². The molecule has 0 unspecified atom stereocenters. The van der Waals surface area contributed by atoms with Gasteiger partial charge in [-0.1, -0.05) is 29.8 Å². The Bertz CT molecular complexity index is 141. The molecule has 0 atom stereocenters. The lowest BCUT2D eigenvalue weighted by molar-refractivity contribution is 1.68. The van der Waals surface area contributed by atoms with Gasteiger partial charge in [0.2, 0.25) is 0 Å². The van der Waals surface area contributed by atoms with Gasteiger partial charge in [-0.25, -0.2) is 0 Å². The number of hydrogen-bond acceptors (Lipinski definition) is 0. The average molecular weight is 143 g/mol. The van der Waals surface area contributed by atoms with Crippen LogP contribution in [-0.2, 0) is 0 Å². The highest BCUT2D eigenvalue weighted by atomic mass is 35.5. The van der Waals surface area contributed by atoms with E-state index in [0.29, 0.717) is 0 Å². The SMILES string of the molecule is C\C=C/C(Cl)=C\C=C\C. The van der Waals surface area contributed by atoms with Gasteiger partial charge in [-0.15, -0.1) is 0 Å². The number of halogens is 1. The molecule has 0 rings (SSSR count). The van der Waals surface area contributed by atoms with Crippen molar-refractivity contribution in [1.82, 2.24) is 0 Å². The van der Waals surface area contributed by atoms with Crippen LogP contribution in [0.3, 0.4) is 0 Å². The van der Waals surface area contributed by atoms with Gasteiger partial charge in [0.1, 0.15) is 0 Å². The quantitative estimate of drug-likeness (QED) is 0.520. The van der Waals surface area contributed by atoms with Crippen LogP contribution in [0.25, 0.3) is 0 Å². The van der Waals surface area contributed by atoms with Crippen LogP contribution in [0.5, 0.6) is 0 Å². The minimum atomic E-state index is 0.760. The molecule has 0 radical (unpaired) electrons. The Morgan fingerprint density at radius 2 is 1.89 bits per heavy atom. The van der Waals surface area contributed by atoms with Crippen molar-refractivity contribution in [3.05, 3.63) is 35.4 Å². The fourth-order valence-corrected chi connectivity index (χ4v) is 0.602. The van der Waals surface area contributed by atoms with Crippen LogP contribution in [0.2, 0.25) is 0 Å². The Morgan fingerprint density at radius 1 is 1.22 bits per heavy atom. The predicted molar refractivity (Wildman–Crippen MR) is 43.6 cm³/mol. The highest BCUT2D eigenvalue weighted by molar-refractivity contribution is 6.31. The molecule has 50 valence electrons. The number of rotatable bonds is 2. The zero-order chi connectivity index (χ0) is 7.11. The van der Waals surface area contributed by atoms with E-state index in [9.17, 15) is 0 Å². The third kappa shape index (κ3) is 5.38. The van der Waals surface area contributed by atoms with Gasteiger partial charge in [-0.3, -0.25) is 0 Å². The lowest BCUT2D eigenvalue weighted by Gasteiger charge is -1.80. The van der Waals surface area contributed by atoms with Crippen LogP contribution in [0, 0.1) is 0 Å². The minimum absolute atomic E-state index is 0.760. The minimum Gasteiger partial charge on any atom is -0.0876 e. The summed E-state index contributed by atoms with van der Waals surface area (Å²) in [5.74, 6) is 0. The molecule has 0 heterocycles. The Morgan fingerprint density at radius 3 is 2.33 bits per heavy atom. The Hall–Kier alpha value is -0.490. The first-order chi connectivity index (χ1) is 4.31. The van der Waals surface area contributed by atoms with Gasteiger partial charge in [-0.2, -0.15) is 0 Å². The van der Waals surface area contributed by atoms with Crippen molar-refractivity contribution in [3.8, 4) is 0 Å². The van der Waals surface area contributed by atoms with E-state index in [1.807, 2.05) is 44.2 Å². The lowest BCUT2D eigenvalue weighted by Crippen LogP contribution is -1.58. The van der Waals surface area contributed by atoms with Gasteiger partial charge >= 0.3 is 0 Å². The van der Waals surface area contributed by atoms with Crippen LogP contribution < -0.4 is 0 Å². The van der Waals surface area contributed by atoms with E-state index in [2.05, 4.69) is 0 Å². The second-order valence-corrected chi connectivity index (χ2v) is 2.01. The molecule has 0 nitrogen and oxygen atoms in total. The summed E-state index contributed by atoms with van der Waals surface area (Å²) in [4.78, 5) is 0. The van der Waals surface area contributed by atoms with Crippen molar-refractivity contribution in [2.24, 2.45) is 0 Å². The third-order valence-electron chi connectivity index (χ3n) is 0.774. The topological polar surface area (TPSA) is 0 Å². The van der Waals surface area contributed by atoms with Crippen molar-refractivity contribution < 1.29 is 0 Å². The van der Waals surface area contributed by atoms with Crippen molar-refractivity contribution >= 4 is 11.6 Å². The summed E-state index contributed by atoms with van der Waals surface area (Å²) >= 11 is 5.68. The molecule has 0 aliphatic rings. The van der Waals surface area contributed by atoms with E-state index in [1.54, 1.807) is 0 Å². The Kier molecular flexibility index (Phi) is 5.34. The molecule has 0 saturated heterocycles. The molecule has 0 bridgehead atoms. The second-order valence-electron chi connectivity index (χ2n) is 1.58. The summed E-state index contributed by atoms with van der Waals surface area (Å²) < 4.78 is 0. The molecular formula is C8H11Cl. The van der Waals surface area contributed by atoms with Crippen LogP contribution >= 0.6 is 11.6 Å². The molecular weight excluding hydrogens is 132 g/mol. The standard InChI is InChI=1S/C8H11Cl/c1-3-5-7-8(9)6-4-2/h3-7H,1-2H3/b5-3+,6-4-,8-7+. The van der Waals surface area contributed by atoms with E-state index in [-0.39, 0.29) is 0 Å². The summed E-state index contributed by atoms with van der Waals surface area (Å²) in [5.41, 5.74) is 0. The molecule has 0 N–H and O–H groups in total. The molecule has 0 aliphatic heterocycles. The molecule has 0 aliphatic carbocycles. The summed E-state index contributed by atoms with van der Waals surface area (Å²) in [7, 11) is 0. The maximum absolute atomic E-state index is 5.68. The first-order valence-electron chi connectivity index (χ1n) is 2.92. The lowest BCUT2D eigenvalue weighted by atomic mass is 10.4. The first-order valence-corrected chi connectivity index (χ1v) is 3.30.